The molecule has 1 saturated carbocycles. The molecule has 1 aliphatic rings. The number of rotatable bonds is 3. The van der Waals surface area contributed by atoms with Crippen molar-refractivity contribution in [1.29, 1.82) is 0 Å². The lowest BCUT2D eigenvalue weighted by molar-refractivity contribution is 0.295. The van der Waals surface area contributed by atoms with Gasteiger partial charge >= 0.3 is 0 Å². The van der Waals surface area contributed by atoms with E-state index in [4.69, 9.17) is 0 Å². The maximum absolute atomic E-state index is 2.40. The average Bonchev–Trinajstić information content (AvgIpc) is 2.38. The summed E-state index contributed by atoms with van der Waals surface area (Å²) in [5.41, 5.74) is 0. The molecule has 0 aromatic heterocycles. The quantitative estimate of drug-likeness (QED) is 0.564. The van der Waals surface area contributed by atoms with Crippen LogP contribution in [-0.2, 0) is 0 Å². The minimum absolute atomic E-state index is 0.906. The van der Waals surface area contributed by atoms with Crippen LogP contribution in [-0.4, -0.2) is 0 Å². The highest BCUT2D eigenvalue weighted by Crippen LogP contribution is 2.37. The van der Waals surface area contributed by atoms with E-state index >= 15 is 0 Å². The topological polar surface area (TPSA) is 0 Å². The van der Waals surface area contributed by atoms with Gasteiger partial charge in [-0.15, -0.1) is 0 Å². The molecule has 0 heterocycles. The van der Waals surface area contributed by atoms with Gasteiger partial charge in [0.25, 0.3) is 0 Å². The summed E-state index contributed by atoms with van der Waals surface area (Å²) >= 11 is 0. The summed E-state index contributed by atoms with van der Waals surface area (Å²) in [7, 11) is 0. The maximum Gasteiger partial charge on any atom is -0.0388 e. The van der Waals surface area contributed by atoms with Crippen LogP contribution in [0.25, 0.3) is 0 Å². The molecule has 1 rings (SSSR count). The van der Waals surface area contributed by atoms with Crippen molar-refractivity contribution in [3.8, 4) is 0 Å². The Hall–Kier alpha value is 0. The number of hydrogen-bond donors (Lipinski definition) is 0. The summed E-state index contributed by atoms with van der Waals surface area (Å²) in [5, 5.41) is 0. The van der Waals surface area contributed by atoms with Crippen LogP contribution in [0.2, 0.25) is 0 Å². The molecule has 2 unspecified atom stereocenters. The van der Waals surface area contributed by atoms with Crippen LogP contribution >= 0.6 is 0 Å². The Labute approximate surface area is 90.5 Å². The van der Waals surface area contributed by atoms with E-state index in [2.05, 4.69) is 27.7 Å². The Morgan fingerprint density at radius 1 is 0.857 bits per heavy atom. The zero-order valence-electron chi connectivity index (χ0n) is 10.6. The lowest BCUT2D eigenvalue weighted by Crippen LogP contribution is -2.11. The Kier molecular flexibility index (Phi) is 4.98. The molecular formula is C14H28. The minimum atomic E-state index is 0.906. The summed E-state index contributed by atoms with van der Waals surface area (Å²) in [5.74, 6) is 3.98. The van der Waals surface area contributed by atoms with E-state index in [0.29, 0.717) is 0 Å². The van der Waals surface area contributed by atoms with Crippen LogP contribution in [0.4, 0.5) is 0 Å². The summed E-state index contributed by atoms with van der Waals surface area (Å²) in [6, 6.07) is 0. The van der Waals surface area contributed by atoms with Crippen molar-refractivity contribution in [2.24, 2.45) is 23.7 Å². The Morgan fingerprint density at radius 2 is 1.29 bits per heavy atom. The van der Waals surface area contributed by atoms with E-state index in [1.54, 1.807) is 0 Å². The Morgan fingerprint density at radius 3 is 1.57 bits per heavy atom. The zero-order chi connectivity index (χ0) is 10.6. The summed E-state index contributed by atoms with van der Waals surface area (Å²) in [6.45, 7) is 9.56. The maximum atomic E-state index is 2.40. The first kappa shape index (κ1) is 12.1. The van der Waals surface area contributed by atoms with Gasteiger partial charge < -0.3 is 0 Å². The molecule has 0 saturated heterocycles. The van der Waals surface area contributed by atoms with Crippen molar-refractivity contribution in [3.05, 3.63) is 0 Å². The highest BCUT2D eigenvalue weighted by Gasteiger charge is 2.26. The highest BCUT2D eigenvalue weighted by molar-refractivity contribution is 4.77. The number of hydrogen-bond acceptors (Lipinski definition) is 0. The van der Waals surface area contributed by atoms with Crippen molar-refractivity contribution in [3.63, 3.8) is 0 Å². The summed E-state index contributed by atoms with van der Waals surface area (Å²) < 4.78 is 0. The molecule has 0 amide bonds. The van der Waals surface area contributed by atoms with Crippen LogP contribution in [0, 0.1) is 23.7 Å². The fourth-order valence-corrected chi connectivity index (χ4v) is 3.21. The molecule has 1 aliphatic carbocycles. The average molecular weight is 196 g/mol. The largest absolute Gasteiger partial charge is 0.0651 e. The van der Waals surface area contributed by atoms with Crippen LogP contribution in [0.3, 0.4) is 0 Å². The van der Waals surface area contributed by atoms with E-state index in [-0.39, 0.29) is 0 Å². The van der Waals surface area contributed by atoms with Crippen molar-refractivity contribution in [2.75, 3.05) is 0 Å². The first-order valence-corrected chi connectivity index (χ1v) is 6.69. The van der Waals surface area contributed by atoms with E-state index < -0.39 is 0 Å². The van der Waals surface area contributed by atoms with Gasteiger partial charge in [-0.3, -0.25) is 0 Å². The predicted octanol–water partition coefficient (Wildman–Crippen LogP) is 4.89. The Bertz CT molecular complexity index is 134. The van der Waals surface area contributed by atoms with E-state index in [1.807, 2.05) is 0 Å². The van der Waals surface area contributed by atoms with Crippen molar-refractivity contribution < 1.29 is 0 Å². The molecule has 0 aliphatic heterocycles. The third-order valence-electron chi connectivity index (χ3n) is 4.47. The van der Waals surface area contributed by atoms with Crippen molar-refractivity contribution in [2.45, 2.75) is 66.2 Å². The van der Waals surface area contributed by atoms with Gasteiger partial charge in [-0.2, -0.15) is 0 Å². The second-order valence-electron chi connectivity index (χ2n) is 5.50. The van der Waals surface area contributed by atoms with Gasteiger partial charge in [-0.1, -0.05) is 40.5 Å². The molecule has 1 fully saturated rings. The van der Waals surface area contributed by atoms with Crippen LogP contribution in [0.5, 0.6) is 0 Å². The normalized spacial score (nSPS) is 34.5. The third-order valence-corrected chi connectivity index (χ3v) is 4.47. The van der Waals surface area contributed by atoms with Gasteiger partial charge in [0.1, 0.15) is 0 Å². The fraction of sp³-hybridized carbons (Fsp3) is 1.00. The van der Waals surface area contributed by atoms with Gasteiger partial charge in [0.15, 0.2) is 0 Å². The van der Waals surface area contributed by atoms with Crippen LogP contribution < -0.4 is 0 Å². The predicted molar refractivity (Wildman–Crippen MR) is 64.4 cm³/mol. The van der Waals surface area contributed by atoms with Crippen LogP contribution in [0.1, 0.15) is 66.2 Å². The fourth-order valence-electron chi connectivity index (χ4n) is 3.21. The molecule has 0 N–H and O–H groups in total. The summed E-state index contributed by atoms with van der Waals surface area (Å²) in [4.78, 5) is 0. The molecule has 0 spiro atoms. The Balaban J connectivity index is 2.51. The van der Waals surface area contributed by atoms with Gasteiger partial charge in [0.2, 0.25) is 0 Å². The summed E-state index contributed by atoms with van der Waals surface area (Å²) in [6.07, 6.45) is 8.79. The lowest BCUT2D eigenvalue weighted by atomic mass is 9.84. The zero-order valence-corrected chi connectivity index (χ0v) is 10.6. The van der Waals surface area contributed by atoms with E-state index in [0.717, 1.165) is 23.7 Å². The SMILES string of the molecule is CCC1CCC(C(C)C)CCC1CC. The molecule has 0 radical (unpaired) electrons. The van der Waals surface area contributed by atoms with E-state index in [9.17, 15) is 0 Å². The smallest absolute Gasteiger partial charge is 0.0388 e. The first-order valence-electron chi connectivity index (χ1n) is 6.69. The van der Waals surface area contributed by atoms with Gasteiger partial charge in [0, 0.05) is 0 Å². The second-order valence-corrected chi connectivity index (χ2v) is 5.50. The highest BCUT2D eigenvalue weighted by atomic mass is 14.3. The van der Waals surface area contributed by atoms with E-state index in [1.165, 1.54) is 38.5 Å². The molecule has 0 aromatic carbocycles. The van der Waals surface area contributed by atoms with Gasteiger partial charge in [0.05, 0.1) is 0 Å². The molecule has 0 heteroatoms. The second kappa shape index (κ2) is 5.78. The molecule has 0 aromatic rings. The minimum Gasteiger partial charge on any atom is -0.0651 e. The van der Waals surface area contributed by atoms with Crippen molar-refractivity contribution in [1.82, 2.24) is 0 Å². The molecule has 84 valence electrons. The lowest BCUT2D eigenvalue weighted by Gasteiger charge is -2.21. The molecule has 0 nitrogen and oxygen atoms in total. The molecular weight excluding hydrogens is 168 g/mol. The van der Waals surface area contributed by atoms with Crippen molar-refractivity contribution >= 4 is 0 Å². The molecule has 0 bridgehead atoms. The standard InChI is InChI=1S/C14H28/c1-5-12-7-9-14(11(3)4)10-8-13(12)6-2/h11-14H,5-10H2,1-4H3. The molecule has 2 atom stereocenters. The monoisotopic (exact) mass is 196 g/mol. The van der Waals surface area contributed by atoms with Gasteiger partial charge in [-0.25, -0.2) is 0 Å². The first-order chi connectivity index (χ1) is 6.69. The van der Waals surface area contributed by atoms with Crippen LogP contribution in [0.15, 0.2) is 0 Å². The third kappa shape index (κ3) is 3.00. The molecule has 14 heavy (non-hydrogen) atoms. The van der Waals surface area contributed by atoms with Gasteiger partial charge in [-0.05, 0) is 49.4 Å².